The van der Waals surface area contributed by atoms with Crippen molar-refractivity contribution in [1.29, 1.82) is 0 Å². The van der Waals surface area contributed by atoms with E-state index in [9.17, 15) is 9.59 Å². The van der Waals surface area contributed by atoms with Gasteiger partial charge in [0.25, 0.3) is 0 Å². The third-order valence-electron chi connectivity index (χ3n) is 5.31. The SMILES string of the molecule is CC(C)(C)OC(=O)N1CCCC1C(=O)c1cc(-c2ccc(Cl)cc2)nc2ccccc12. The molecule has 1 aromatic heterocycles. The number of likely N-dealkylation sites (tertiary alicyclic amines) is 1. The van der Waals surface area contributed by atoms with E-state index in [2.05, 4.69) is 0 Å². The number of ether oxygens (including phenoxy) is 1. The van der Waals surface area contributed by atoms with E-state index in [0.29, 0.717) is 29.2 Å². The topological polar surface area (TPSA) is 59.5 Å². The lowest BCUT2D eigenvalue weighted by molar-refractivity contribution is 0.0222. The first kappa shape index (κ1) is 21.3. The molecule has 0 spiro atoms. The summed E-state index contributed by atoms with van der Waals surface area (Å²) in [5.41, 5.74) is 2.26. The Balaban J connectivity index is 1.75. The minimum atomic E-state index is -0.613. The predicted molar refractivity (Wildman–Crippen MR) is 122 cm³/mol. The van der Waals surface area contributed by atoms with Crippen molar-refractivity contribution in [3.05, 3.63) is 65.2 Å². The number of carbonyl (C=O) groups is 2. The van der Waals surface area contributed by atoms with Crippen molar-refractivity contribution in [2.75, 3.05) is 6.54 Å². The molecule has 1 atom stereocenters. The molecule has 0 bridgehead atoms. The number of hydrogen-bond donors (Lipinski definition) is 0. The van der Waals surface area contributed by atoms with Crippen molar-refractivity contribution in [3.63, 3.8) is 0 Å². The van der Waals surface area contributed by atoms with E-state index < -0.39 is 17.7 Å². The number of para-hydroxylation sites is 1. The average Bonchev–Trinajstić information content (AvgIpc) is 3.22. The van der Waals surface area contributed by atoms with E-state index >= 15 is 0 Å². The highest BCUT2D eigenvalue weighted by atomic mass is 35.5. The van der Waals surface area contributed by atoms with Gasteiger partial charge in [-0.2, -0.15) is 0 Å². The van der Waals surface area contributed by atoms with E-state index in [0.717, 1.165) is 22.9 Å². The molecule has 1 fully saturated rings. The molecule has 0 radical (unpaired) electrons. The molecule has 160 valence electrons. The van der Waals surface area contributed by atoms with Crippen molar-refractivity contribution in [3.8, 4) is 11.3 Å². The van der Waals surface area contributed by atoms with Gasteiger partial charge in [-0.05, 0) is 57.9 Å². The van der Waals surface area contributed by atoms with Crippen molar-refractivity contribution < 1.29 is 14.3 Å². The molecule has 1 unspecified atom stereocenters. The predicted octanol–water partition coefficient (Wildman–Crippen LogP) is 6.14. The summed E-state index contributed by atoms with van der Waals surface area (Å²) in [7, 11) is 0. The number of aromatic nitrogens is 1. The number of ketones is 1. The van der Waals surface area contributed by atoms with Crippen LogP contribution in [0.4, 0.5) is 4.79 Å². The van der Waals surface area contributed by atoms with Crippen LogP contribution in [0.25, 0.3) is 22.2 Å². The van der Waals surface area contributed by atoms with Gasteiger partial charge >= 0.3 is 6.09 Å². The van der Waals surface area contributed by atoms with Crippen LogP contribution >= 0.6 is 11.6 Å². The van der Waals surface area contributed by atoms with Gasteiger partial charge in [-0.1, -0.05) is 41.9 Å². The van der Waals surface area contributed by atoms with E-state index in [-0.39, 0.29) is 5.78 Å². The maximum atomic E-state index is 13.7. The van der Waals surface area contributed by atoms with Gasteiger partial charge in [0.15, 0.2) is 5.78 Å². The summed E-state index contributed by atoms with van der Waals surface area (Å²) >= 11 is 6.03. The molecule has 1 amide bonds. The Labute approximate surface area is 187 Å². The van der Waals surface area contributed by atoms with Crippen LogP contribution in [-0.4, -0.2) is 39.9 Å². The highest BCUT2D eigenvalue weighted by Gasteiger charge is 2.37. The van der Waals surface area contributed by atoms with Crippen LogP contribution in [0.1, 0.15) is 44.0 Å². The Hall–Kier alpha value is -2.92. The van der Waals surface area contributed by atoms with Gasteiger partial charge in [0.1, 0.15) is 5.60 Å². The lowest BCUT2D eigenvalue weighted by Crippen LogP contribution is -2.43. The highest BCUT2D eigenvalue weighted by Crippen LogP contribution is 2.30. The average molecular weight is 437 g/mol. The molecule has 1 aliphatic rings. The molecule has 2 aromatic carbocycles. The maximum Gasteiger partial charge on any atom is 0.410 e. The van der Waals surface area contributed by atoms with Crippen LogP contribution in [0, 0.1) is 0 Å². The first-order valence-corrected chi connectivity index (χ1v) is 10.8. The number of Topliss-reactive ketones (excluding diaryl/α,β-unsaturated/α-hetero) is 1. The second-order valence-electron chi connectivity index (χ2n) is 8.78. The minimum absolute atomic E-state index is 0.0860. The fourth-order valence-electron chi connectivity index (χ4n) is 3.91. The molecule has 0 aliphatic carbocycles. The van der Waals surface area contributed by atoms with Crippen LogP contribution in [0.3, 0.4) is 0 Å². The molecular weight excluding hydrogens is 412 g/mol. The van der Waals surface area contributed by atoms with Gasteiger partial charge in [-0.25, -0.2) is 9.78 Å². The van der Waals surface area contributed by atoms with Crippen LogP contribution in [0.5, 0.6) is 0 Å². The zero-order valence-electron chi connectivity index (χ0n) is 17.9. The molecule has 0 N–H and O–H groups in total. The number of pyridine rings is 1. The fraction of sp³-hybridized carbons (Fsp3) is 0.320. The molecule has 2 heterocycles. The largest absolute Gasteiger partial charge is 0.444 e. The first-order valence-electron chi connectivity index (χ1n) is 10.4. The van der Waals surface area contributed by atoms with Crippen molar-refractivity contribution in [2.45, 2.75) is 45.3 Å². The third kappa shape index (κ3) is 4.57. The molecule has 31 heavy (non-hydrogen) atoms. The molecule has 3 aromatic rings. The second-order valence-corrected chi connectivity index (χ2v) is 9.21. The van der Waals surface area contributed by atoms with Gasteiger partial charge < -0.3 is 4.74 Å². The Morgan fingerprint density at radius 2 is 1.81 bits per heavy atom. The number of carbonyl (C=O) groups excluding carboxylic acids is 2. The van der Waals surface area contributed by atoms with Crippen molar-refractivity contribution in [2.24, 2.45) is 0 Å². The van der Waals surface area contributed by atoms with Crippen molar-refractivity contribution in [1.82, 2.24) is 9.88 Å². The molecule has 6 heteroatoms. The van der Waals surface area contributed by atoms with E-state index in [1.807, 2.05) is 63.2 Å². The smallest absolute Gasteiger partial charge is 0.410 e. The number of fused-ring (bicyclic) bond motifs is 1. The van der Waals surface area contributed by atoms with Gasteiger partial charge in [0.05, 0.1) is 17.3 Å². The number of rotatable bonds is 3. The summed E-state index contributed by atoms with van der Waals surface area (Å²) in [5.74, 6) is -0.0860. The second kappa shape index (κ2) is 8.31. The normalized spacial score (nSPS) is 16.5. The number of benzene rings is 2. The van der Waals surface area contributed by atoms with Gasteiger partial charge in [0.2, 0.25) is 0 Å². The third-order valence-corrected chi connectivity index (χ3v) is 5.56. The minimum Gasteiger partial charge on any atom is -0.444 e. The standard InChI is InChI=1S/C25H25ClN2O3/c1-25(2,3)31-24(30)28-14-6-9-22(28)23(29)19-15-21(16-10-12-17(26)13-11-16)27-20-8-5-4-7-18(19)20/h4-5,7-8,10-13,15,22H,6,9,14H2,1-3H3. The van der Waals surface area contributed by atoms with Crippen molar-refractivity contribution >= 4 is 34.4 Å². The highest BCUT2D eigenvalue weighted by molar-refractivity contribution is 6.30. The molecule has 1 aliphatic heterocycles. The van der Waals surface area contributed by atoms with Crippen LogP contribution in [0.2, 0.25) is 5.02 Å². The number of nitrogens with zero attached hydrogens (tertiary/aromatic N) is 2. The lowest BCUT2D eigenvalue weighted by Gasteiger charge is -2.28. The van der Waals surface area contributed by atoms with Gasteiger partial charge in [-0.3, -0.25) is 9.69 Å². The van der Waals surface area contributed by atoms with E-state index in [1.165, 1.54) is 0 Å². The number of hydrogen-bond acceptors (Lipinski definition) is 4. The number of amides is 1. The van der Waals surface area contributed by atoms with Gasteiger partial charge in [0, 0.05) is 28.1 Å². The molecule has 1 saturated heterocycles. The molecular formula is C25H25ClN2O3. The Morgan fingerprint density at radius 3 is 2.52 bits per heavy atom. The molecule has 0 saturated carbocycles. The van der Waals surface area contributed by atoms with E-state index in [4.69, 9.17) is 21.3 Å². The Bertz CT molecular complexity index is 1140. The number of halogens is 1. The van der Waals surface area contributed by atoms with Gasteiger partial charge in [-0.15, -0.1) is 0 Å². The summed E-state index contributed by atoms with van der Waals surface area (Å²) in [6.07, 6.45) is 0.938. The van der Waals surface area contributed by atoms with E-state index in [1.54, 1.807) is 17.0 Å². The monoisotopic (exact) mass is 436 g/mol. The summed E-state index contributed by atoms with van der Waals surface area (Å²) in [5, 5.41) is 1.42. The maximum absolute atomic E-state index is 13.7. The lowest BCUT2D eigenvalue weighted by atomic mass is 9.96. The van der Waals surface area contributed by atoms with Crippen LogP contribution in [-0.2, 0) is 4.74 Å². The summed E-state index contributed by atoms with van der Waals surface area (Å²) < 4.78 is 5.54. The summed E-state index contributed by atoms with van der Waals surface area (Å²) in [4.78, 5) is 32.7. The Morgan fingerprint density at radius 1 is 1.10 bits per heavy atom. The molecule has 5 nitrogen and oxygen atoms in total. The summed E-state index contributed by atoms with van der Waals surface area (Å²) in [6.45, 7) is 5.99. The zero-order valence-corrected chi connectivity index (χ0v) is 18.6. The summed E-state index contributed by atoms with van der Waals surface area (Å²) in [6, 6.07) is 16.2. The quantitative estimate of drug-likeness (QED) is 0.463. The Kier molecular flexibility index (Phi) is 5.71. The first-order chi connectivity index (χ1) is 14.7. The zero-order chi connectivity index (χ0) is 22.2. The fourth-order valence-corrected chi connectivity index (χ4v) is 4.03. The molecule has 4 rings (SSSR count). The van der Waals surface area contributed by atoms with Crippen LogP contribution in [0.15, 0.2) is 54.6 Å². The van der Waals surface area contributed by atoms with Crippen LogP contribution < -0.4 is 0 Å².